The first-order valence-electron chi connectivity index (χ1n) is 20.3. The number of nitrogens with zero attached hydrogens (tertiary/aromatic N) is 2. The molecule has 2 aromatic rings. The van der Waals surface area contributed by atoms with Gasteiger partial charge in [-0.25, -0.2) is 0 Å². The van der Waals surface area contributed by atoms with Crippen molar-refractivity contribution < 1.29 is 28.8 Å². The Bertz CT molecular complexity index is 1770. The van der Waals surface area contributed by atoms with Crippen molar-refractivity contribution in [1.29, 1.82) is 0 Å². The Hall–Kier alpha value is -4.06. The summed E-state index contributed by atoms with van der Waals surface area (Å²) in [6.45, 7) is 4.46. The van der Waals surface area contributed by atoms with Gasteiger partial charge in [-0.15, -0.1) is 11.3 Å². The van der Waals surface area contributed by atoms with Gasteiger partial charge in [-0.2, -0.15) is 0 Å². The Morgan fingerprint density at radius 2 is 1.59 bits per heavy atom. The largest absolute Gasteiger partial charge is 0.347 e. The second-order valence-corrected chi connectivity index (χ2v) is 18.1. The average molecular weight is 756 g/mol. The van der Waals surface area contributed by atoms with Gasteiger partial charge in [0.1, 0.15) is 18.1 Å². The summed E-state index contributed by atoms with van der Waals surface area (Å²) in [7, 11) is 0. The normalized spacial score (nSPS) is 25.9. The first kappa shape index (κ1) is 36.9. The van der Waals surface area contributed by atoms with Crippen LogP contribution in [0.3, 0.4) is 0 Å². The molecule has 4 aliphatic carbocycles. The van der Waals surface area contributed by atoms with Gasteiger partial charge in [-0.3, -0.25) is 28.8 Å². The van der Waals surface area contributed by atoms with Crippen LogP contribution in [0.4, 0.5) is 0 Å². The lowest BCUT2D eigenvalue weighted by atomic mass is 9.66. The fraction of sp³-hybridized carbons (Fsp3) is 0.619. The molecule has 5 fully saturated rings. The van der Waals surface area contributed by atoms with Gasteiger partial charge in [0.25, 0.3) is 11.8 Å². The van der Waals surface area contributed by atoms with E-state index in [1.807, 2.05) is 28.5 Å². The van der Waals surface area contributed by atoms with E-state index in [9.17, 15) is 24.0 Å². The molecular formula is C42H53N5O6S. The molecule has 1 aromatic carbocycles. The quantitative estimate of drug-likeness (QED) is 0.207. The molecule has 5 atom stereocenters. The zero-order valence-electron chi connectivity index (χ0n) is 31.4. The molecule has 6 aliphatic rings. The van der Waals surface area contributed by atoms with Crippen LogP contribution in [0, 0.1) is 23.7 Å². The van der Waals surface area contributed by atoms with E-state index in [1.54, 1.807) is 11.0 Å². The van der Waals surface area contributed by atoms with E-state index in [4.69, 9.17) is 0 Å². The van der Waals surface area contributed by atoms with Crippen molar-refractivity contribution in [1.82, 2.24) is 25.8 Å². The Labute approximate surface area is 321 Å². The van der Waals surface area contributed by atoms with E-state index in [0.29, 0.717) is 49.9 Å². The van der Waals surface area contributed by atoms with Crippen LogP contribution in [-0.4, -0.2) is 87.4 Å². The summed E-state index contributed by atoms with van der Waals surface area (Å²) in [5.41, 5.74) is 1.62. The molecular weight excluding hydrogens is 703 g/mol. The van der Waals surface area contributed by atoms with Crippen molar-refractivity contribution in [2.75, 3.05) is 6.54 Å². The summed E-state index contributed by atoms with van der Waals surface area (Å²) in [6.07, 6.45) is 10.1. The van der Waals surface area contributed by atoms with Crippen LogP contribution in [-0.2, 0) is 36.8 Å². The Kier molecular flexibility index (Phi) is 10.2. The van der Waals surface area contributed by atoms with E-state index in [-0.39, 0.29) is 47.4 Å². The van der Waals surface area contributed by atoms with Crippen molar-refractivity contribution >= 4 is 46.7 Å². The van der Waals surface area contributed by atoms with Crippen LogP contribution in [0.25, 0.3) is 0 Å². The predicted octanol–water partition coefficient (Wildman–Crippen LogP) is 4.18. The van der Waals surface area contributed by atoms with Gasteiger partial charge in [0.2, 0.25) is 23.5 Å². The number of nitrogens with one attached hydrogen (secondary N) is 3. The number of hydrogen-bond acceptors (Lipinski definition) is 7. The summed E-state index contributed by atoms with van der Waals surface area (Å²) < 4.78 is 0. The number of likely N-dealkylation sites (tertiary alicyclic amines) is 2. The smallest absolute Gasteiger partial charge is 0.289 e. The standard InChI is InChI=1S/C42H53N5O6S/c1-24(2)30-16-19-46(34(30)38(50)44-31(21-25-12-13-25)35(48)39(51)43-29-14-15-29)40(52)33(28-22-26-9-4-5-10-27(26)23-28)47-41(53)36(42(47)17-6-3-7-18-42)45-37(49)32-11-8-20-54-32/h4-5,8-11,20,24-25,28-31,33-34,36H,3,6-7,12-19,21-23H2,1-2H3,(H,43,51)(H,44,50)(H,45,49)/t30-,31?,33+,34+,36-/m1/s1. The van der Waals surface area contributed by atoms with Crippen molar-refractivity contribution in [2.24, 2.45) is 23.7 Å². The molecule has 1 spiro atoms. The molecule has 11 nitrogen and oxygen atoms in total. The predicted molar refractivity (Wildman–Crippen MR) is 203 cm³/mol. The van der Waals surface area contributed by atoms with Crippen molar-refractivity contribution in [3.05, 3.63) is 57.8 Å². The topological polar surface area (TPSA) is 145 Å². The third-order valence-corrected chi connectivity index (χ3v) is 14.1. The lowest BCUT2D eigenvalue weighted by Crippen LogP contribution is -2.83. The Morgan fingerprint density at radius 1 is 0.889 bits per heavy atom. The maximum Gasteiger partial charge on any atom is 0.289 e. The molecule has 1 unspecified atom stereocenters. The van der Waals surface area contributed by atoms with Gasteiger partial charge >= 0.3 is 0 Å². The maximum atomic E-state index is 15.5. The van der Waals surface area contributed by atoms with Gasteiger partial charge in [0.15, 0.2) is 0 Å². The molecule has 54 heavy (non-hydrogen) atoms. The highest BCUT2D eigenvalue weighted by molar-refractivity contribution is 7.12. The van der Waals surface area contributed by atoms with Crippen molar-refractivity contribution in [2.45, 2.75) is 133 Å². The van der Waals surface area contributed by atoms with Crippen LogP contribution in [0.5, 0.6) is 0 Å². The Morgan fingerprint density at radius 3 is 2.20 bits per heavy atom. The number of amides is 5. The number of fused-ring (bicyclic) bond motifs is 1. The Balaban J connectivity index is 1.11. The number of benzene rings is 1. The zero-order chi connectivity index (χ0) is 37.7. The van der Waals surface area contributed by atoms with Crippen LogP contribution >= 0.6 is 11.3 Å². The lowest BCUT2D eigenvalue weighted by Gasteiger charge is -2.62. The highest BCUT2D eigenvalue weighted by atomic mass is 32.1. The number of ketones is 1. The number of β-lactam (4-membered cyclic amide) rings is 1. The summed E-state index contributed by atoms with van der Waals surface area (Å²) >= 11 is 1.33. The molecule has 3 N–H and O–H groups in total. The summed E-state index contributed by atoms with van der Waals surface area (Å²) in [5, 5.41) is 10.7. The lowest BCUT2D eigenvalue weighted by molar-refractivity contribution is -0.183. The fourth-order valence-electron chi connectivity index (χ4n) is 10.00. The van der Waals surface area contributed by atoms with Crippen molar-refractivity contribution in [3.63, 3.8) is 0 Å². The van der Waals surface area contributed by atoms with Crippen LogP contribution in [0.1, 0.15) is 105 Å². The summed E-state index contributed by atoms with van der Waals surface area (Å²) in [6, 6.07) is 8.41. The first-order chi connectivity index (χ1) is 26.1. The van der Waals surface area contributed by atoms with E-state index < -0.39 is 47.3 Å². The highest BCUT2D eigenvalue weighted by Crippen LogP contribution is 2.49. The molecule has 2 saturated heterocycles. The van der Waals surface area contributed by atoms with Crippen LogP contribution in [0.15, 0.2) is 41.8 Å². The zero-order valence-corrected chi connectivity index (χ0v) is 32.2. The SMILES string of the molecule is CC(C)[C@H]1CCN(C(=O)[C@H](C2Cc3ccccc3C2)N2C(=O)[C@@H](NC(=O)c3cccs3)C23CCCCC3)[C@@H]1C(=O)NC(CC1CC1)C(=O)C(=O)NC1CC1. The number of carbonyl (C=O) groups is 6. The number of hydrogen-bond donors (Lipinski definition) is 3. The van der Waals surface area contributed by atoms with Gasteiger partial charge in [-0.1, -0.05) is 76.3 Å². The monoisotopic (exact) mass is 755 g/mol. The van der Waals surface area contributed by atoms with E-state index in [0.717, 1.165) is 56.1 Å². The second kappa shape index (κ2) is 14.9. The molecule has 0 bridgehead atoms. The first-order valence-corrected chi connectivity index (χ1v) is 21.1. The average Bonchev–Trinajstić information content (AvgIpc) is 3.97. The van der Waals surface area contributed by atoms with E-state index in [1.165, 1.54) is 11.3 Å². The molecule has 8 rings (SSSR count). The summed E-state index contributed by atoms with van der Waals surface area (Å²) in [4.78, 5) is 88.5. The molecule has 3 heterocycles. The maximum absolute atomic E-state index is 15.5. The van der Waals surface area contributed by atoms with Gasteiger partial charge < -0.3 is 25.8 Å². The van der Waals surface area contributed by atoms with Gasteiger partial charge in [0, 0.05) is 12.6 Å². The van der Waals surface area contributed by atoms with E-state index >= 15 is 4.79 Å². The van der Waals surface area contributed by atoms with Crippen molar-refractivity contribution in [3.8, 4) is 0 Å². The van der Waals surface area contributed by atoms with Crippen LogP contribution < -0.4 is 16.0 Å². The highest BCUT2D eigenvalue weighted by Gasteiger charge is 2.65. The minimum absolute atomic E-state index is 0.0194. The third-order valence-electron chi connectivity index (χ3n) is 13.2. The minimum atomic E-state index is -0.954. The fourth-order valence-corrected chi connectivity index (χ4v) is 10.6. The molecule has 3 saturated carbocycles. The number of thiophene rings is 1. The van der Waals surface area contributed by atoms with Crippen LogP contribution in [0.2, 0.25) is 0 Å². The molecule has 1 aromatic heterocycles. The van der Waals surface area contributed by atoms with E-state index in [2.05, 4.69) is 41.9 Å². The van der Waals surface area contributed by atoms with Gasteiger partial charge in [0.05, 0.1) is 16.5 Å². The molecule has 0 radical (unpaired) electrons. The molecule has 12 heteroatoms. The summed E-state index contributed by atoms with van der Waals surface area (Å²) in [5.74, 6) is -2.47. The number of rotatable bonds is 13. The second-order valence-electron chi connectivity index (χ2n) is 17.2. The number of carbonyl (C=O) groups excluding carboxylic acids is 6. The molecule has 5 amide bonds. The molecule has 2 aliphatic heterocycles. The van der Waals surface area contributed by atoms with Gasteiger partial charge in [-0.05, 0) is 97.6 Å². The third kappa shape index (κ3) is 6.99. The minimum Gasteiger partial charge on any atom is -0.347 e. The molecule has 288 valence electrons. The number of Topliss-reactive ketones (excluding diaryl/α,β-unsaturated/α-hetero) is 1.